The standard InChI is InChI=1S/C16H14N4O6/c17-19-11-5-1-3-9(7-11)13(21)25-15(23)16(24)26-14(22)10-4-2-6-12(8-10)20-18/h1-8,19-20H,17-18H2. The van der Waals surface area contributed by atoms with Gasteiger partial charge >= 0.3 is 23.9 Å². The average molecular weight is 358 g/mol. The lowest BCUT2D eigenvalue weighted by Crippen LogP contribution is -2.26. The number of benzene rings is 2. The molecule has 0 fully saturated rings. The summed E-state index contributed by atoms with van der Waals surface area (Å²) in [6.07, 6.45) is 0. The summed E-state index contributed by atoms with van der Waals surface area (Å²) < 4.78 is 8.75. The maximum absolute atomic E-state index is 11.8. The van der Waals surface area contributed by atoms with Crippen LogP contribution in [-0.2, 0) is 19.1 Å². The molecule has 0 saturated heterocycles. The van der Waals surface area contributed by atoms with E-state index in [1.54, 1.807) is 12.1 Å². The van der Waals surface area contributed by atoms with Crippen LogP contribution in [0.3, 0.4) is 0 Å². The Morgan fingerprint density at radius 3 is 1.42 bits per heavy atom. The molecule has 0 atom stereocenters. The summed E-state index contributed by atoms with van der Waals surface area (Å²) >= 11 is 0. The molecule has 2 aromatic rings. The molecule has 2 rings (SSSR count). The van der Waals surface area contributed by atoms with Crippen LogP contribution >= 0.6 is 0 Å². The van der Waals surface area contributed by atoms with Crippen LogP contribution in [0.2, 0.25) is 0 Å². The van der Waals surface area contributed by atoms with Crippen LogP contribution in [-0.4, -0.2) is 23.9 Å². The van der Waals surface area contributed by atoms with E-state index in [1.165, 1.54) is 36.4 Å². The molecule has 2 aromatic carbocycles. The Kier molecular flexibility index (Phi) is 5.98. The zero-order valence-corrected chi connectivity index (χ0v) is 13.2. The van der Waals surface area contributed by atoms with Crippen LogP contribution in [0.25, 0.3) is 0 Å². The fourth-order valence-electron chi connectivity index (χ4n) is 1.84. The molecule has 0 aliphatic carbocycles. The molecule has 0 bridgehead atoms. The first-order chi connectivity index (χ1) is 12.4. The molecular formula is C16H14N4O6. The summed E-state index contributed by atoms with van der Waals surface area (Å²) in [6, 6.07) is 11.4. The van der Waals surface area contributed by atoms with Gasteiger partial charge in [-0.05, 0) is 36.4 Å². The lowest BCUT2D eigenvalue weighted by molar-refractivity contribution is -0.160. The number of nitrogens with two attached hydrogens (primary N) is 2. The lowest BCUT2D eigenvalue weighted by Gasteiger charge is -2.06. The lowest BCUT2D eigenvalue weighted by atomic mass is 10.2. The van der Waals surface area contributed by atoms with Crippen molar-refractivity contribution in [2.45, 2.75) is 0 Å². The van der Waals surface area contributed by atoms with Crippen LogP contribution in [0.4, 0.5) is 11.4 Å². The summed E-state index contributed by atoms with van der Waals surface area (Å²) in [5.74, 6) is 4.93. The third-order valence-corrected chi connectivity index (χ3v) is 3.07. The number of nitrogens with one attached hydrogen (secondary N) is 2. The number of rotatable bonds is 4. The number of hydrogen-bond donors (Lipinski definition) is 4. The monoisotopic (exact) mass is 358 g/mol. The van der Waals surface area contributed by atoms with Gasteiger partial charge in [0.1, 0.15) is 0 Å². The van der Waals surface area contributed by atoms with Crippen molar-refractivity contribution in [1.29, 1.82) is 0 Å². The number of esters is 4. The zero-order valence-electron chi connectivity index (χ0n) is 13.2. The number of nitrogen functional groups attached to an aromatic ring is 2. The highest BCUT2D eigenvalue weighted by Crippen LogP contribution is 2.12. The molecule has 6 N–H and O–H groups in total. The van der Waals surface area contributed by atoms with E-state index in [1.807, 2.05) is 0 Å². The average Bonchev–Trinajstić information content (AvgIpc) is 2.67. The molecule has 0 aromatic heterocycles. The highest BCUT2D eigenvalue weighted by molar-refractivity contribution is 6.34. The van der Waals surface area contributed by atoms with Gasteiger partial charge in [0, 0.05) is 11.4 Å². The van der Waals surface area contributed by atoms with Gasteiger partial charge in [0.25, 0.3) is 0 Å². The second kappa shape index (κ2) is 8.37. The van der Waals surface area contributed by atoms with E-state index in [0.29, 0.717) is 11.4 Å². The van der Waals surface area contributed by atoms with E-state index in [2.05, 4.69) is 20.3 Å². The van der Waals surface area contributed by atoms with Crippen molar-refractivity contribution in [3.8, 4) is 0 Å². The zero-order chi connectivity index (χ0) is 19.1. The number of hydrogen-bond acceptors (Lipinski definition) is 10. The van der Waals surface area contributed by atoms with Gasteiger partial charge in [0.05, 0.1) is 11.1 Å². The van der Waals surface area contributed by atoms with Crippen molar-refractivity contribution in [2.24, 2.45) is 11.7 Å². The Labute approximate surface area is 147 Å². The Bertz CT molecular complexity index is 796. The quantitative estimate of drug-likeness (QED) is 0.197. The van der Waals surface area contributed by atoms with Gasteiger partial charge in [-0.2, -0.15) is 0 Å². The highest BCUT2D eigenvalue weighted by atomic mass is 16.6. The topological polar surface area (TPSA) is 163 Å². The molecule has 0 saturated carbocycles. The van der Waals surface area contributed by atoms with Crippen molar-refractivity contribution >= 4 is 35.3 Å². The summed E-state index contributed by atoms with van der Waals surface area (Å²) in [5.41, 5.74) is 5.33. The van der Waals surface area contributed by atoms with Crippen LogP contribution in [0.15, 0.2) is 48.5 Å². The molecule has 0 radical (unpaired) electrons. The first kappa shape index (κ1) is 18.6. The number of carbonyl (C=O) groups excluding carboxylic acids is 4. The van der Waals surface area contributed by atoms with Crippen molar-refractivity contribution in [3.63, 3.8) is 0 Å². The van der Waals surface area contributed by atoms with Crippen LogP contribution in [0, 0.1) is 0 Å². The Balaban J connectivity index is 1.99. The second-order valence-electron chi connectivity index (χ2n) is 4.80. The van der Waals surface area contributed by atoms with Crippen molar-refractivity contribution in [1.82, 2.24) is 0 Å². The van der Waals surface area contributed by atoms with E-state index in [0.717, 1.165) is 0 Å². The summed E-state index contributed by atoms with van der Waals surface area (Å²) in [6.45, 7) is 0. The summed E-state index contributed by atoms with van der Waals surface area (Å²) in [7, 11) is 0. The maximum atomic E-state index is 11.8. The van der Waals surface area contributed by atoms with E-state index < -0.39 is 23.9 Å². The number of anilines is 2. The maximum Gasteiger partial charge on any atom is 0.425 e. The van der Waals surface area contributed by atoms with Crippen molar-refractivity contribution in [2.75, 3.05) is 10.9 Å². The molecule has 10 heteroatoms. The van der Waals surface area contributed by atoms with Gasteiger partial charge in [-0.1, -0.05) is 12.1 Å². The van der Waals surface area contributed by atoms with Gasteiger partial charge in [-0.25, -0.2) is 19.2 Å². The molecule has 0 unspecified atom stereocenters. The first-order valence-electron chi connectivity index (χ1n) is 7.10. The Morgan fingerprint density at radius 1 is 0.692 bits per heavy atom. The van der Waals surface area contributed by atoms with Gasteiger partial charge < -0.3 is 20.3 Å². The summed E-state index contributed by atoms with van der Waals surface area (Å²) in [5, 5.41) is 0. The Hall–Kier alpha value is -3.76. The molecule has 10 nitrogen and oxygen atoms in total. The number of ether oxygens (including phenoxy) is 2. The normalized spacial score (nSPS) is 9.77. The van der Waals surface area contributed by atoms with E-state index in [9.17, 15) is 19.2 Å². The number of hydrazine groups is 2. The van der Waals surface area contributed by atoms with Crippen LogP contribution in [0.1, 0.15) is 20.7 Å². The van der Waals surface area contributed by atoms with Crippen LogP contribution in [0.5, 0.6) is 0 Å². The number of carbonyl (C=O) groups is 4. The molecule has 0 heterocycles. The molecule has 0 aliphatic rings. The predicted molar refractivity (Wildman–Crippen MR) is 89.3 cm³/mol. The van der Waals surface area contributed by atoms with E-state index in [4.69, 9.17) is 11.7 Å². The van der Waals surface area contributed by atoms with E-state index in [-0.39, 0.29) is 11.1 Å². The van der Waals surface area contributed by atoms with E-state index >= 15 is 0 Å². The third-order valence-electron chi connectivity index (χ3n) is 3.07. The molecule has 0 aliphatic heterocycles. The van der Waals surface area contributed by atoms with Crippen molar-refractivity contribution < 1.29 is 28.7 Å². The van der Waals surface area contributed by atoms with Gasteiger partial charge in [-0.15, -0.1) is 0 Å². The fourth-order valence-corrected chi connectivity index (χ4v) is 1.84. The first-order valence-corrected chi connectivity index (χ1v) is 7.10. The third kappa shape index (κ3) is 4.63. The second-order valence-corrected chi connectivity index (χ2v) is 4.80. The predicted octanol–water partition coefficient (Wildman–Crippen LogP) is 0.325. The van der Waals surface area contributed by atoms with Crippen LogP contribution < -0.4 is 22.5 Å². The Morgan fingerprint density at radius 2 is 1.08 bits per heavy atom. The smallest absolute Gasteiger partial charge is 0.381 e. The molecule has 134 valence electrons. The molecular weight excluding hydrogens is 344 g/mol. The molecule has 0 spiro atoms. The fraction of sp³-hybridized carbons (Fsp3) is 0. The molecule has 26 heavy (non-hydrogen) atoms. The van der Waals surface area contributed by atoms with Gasteiger partial charge in [0.15, 0.2) is 0 Å². The minimum Gasteiger partial charge on any atom is -0.381 e. The van der Waals surface area contributed by atoms with Crippen molar-refractivity contribution in [3.05, 3.63) is 59.7 Å². The SMILES string of the molecule is NNc1cccc(C(=O)OC(=O)C(=O)OC(=O)c2cccc(NN)c2)c1. The minimum atomic E-state index is -1.64. The highest BCUT2D eigenvalue weighted by Gasteiger charge is 2.25. The molecule has 0 amide bonds. The summed E-state index contributed by atoms with van der Waals surface area (Å²) in [4.78, 5) is 46.9. The largest absolute Gasteiger partial charge is 0.425 e. The van der Waals surface area contributed by atoms with Gasteiger partial charge in [-0.3, -0.25) is 11.7 Å². The van der Waals surface area contributed by atoms with Gasteiger partial charge in [0.2, 0.25) is 0 Å². The minimum absolute atomic E-state index is 0.0327.